The molecule has 0 aromatic carbocycles. The summed E-state index contributed by atoms with van der Waals surface area (Å²) in [6.07, 6.45) is 0.901. The number of carbonyl (C=O) groups excluding carboxylic acids is 1. The third-order valence-corrected chi connectivity index (χ3v) is 1.53. The zero-order valence-electron chi connectivity index (χ0n) is 8.39. The molecule has 0 spiro atoms. The van der Waals surface area contributed by atoms with Crippen molar-refractivity contribution in [3.05, 3.63) is 11.3 Å². The van der Waals surface area contributed by atoms with E-state index in [1.54, 1.807) is 13.8 Å². The van der Waals surface area contributed by atoms with Gasteiger partial charge < -0.3 is 15.5 Å². The highest BCUT2D eigenvalue weighted by Crippen LogP contribution is 2.00. The van der Waals surface area contributed by atoms with Crippen molar-refractivity contribution < 1.29 is 13.9 Å². The van der Waals surface area contributed by atoms with Crippen LogP contribution in [0.4, 0.5) is 4.39 Å². The minimum atomic E-state index is -0.564. The molecule has 0 radical (unpaired) electrons. The molecule has 14 heavy (non-hydrogen) atoms. The largest absolute Gasteiger partial charge is 0.462 e. The van der Waals surface area contributed by atoms with Crippen LogP contribution in [0, 0.1) is 5.41 Å². The number of alkyl halides is 1. The molecule has 0 heterocycles. The van der Waals surface area contributed by atoms with Crippen molar-refractivity contribution in [1.82, 2.24) is 5.32 Å². The molecule has 80 valence electrons. The second-order valence-electron chi connectivity index (χ2n) is 2.52. The lowest BCUT2D eigenvalue weighted by atomic mass is 10.2. The number of esters is 1. The lowest BCUT2D eigenvalue weighted by molar-refractivity contribution is -0.137. The van der Waals surface area contributed by atoms with Gasteiger partial charge in [-0.3, -0.25) is 0 Å². The van der Waals surface area contributed by atoms with Gasteiger partial charge in [0.2, 0.25) is 0 Å². The van der Waals surface area contributed by atoms with Crippen molar-refractivity contribution in [1.29, 1.82) is 5.41 Å². The van der Waals surface area contributed by atoms with Crippen LogP contribution in [0.3, 0.4) is 0 Å². The Labute approximate surface area is 82.6 Å². The molecule has 0 amide bonds. The first kappa shape index (κ1) is 12.6. The maximum atomic E-state index is 11.8. The van der Waals surface area contributed by atoms with Gasteiger partial charge in [-0.05, 0) is 13.8 Å². The minimum Gasteiger partial charge on any atom is -0.462 e. The molecule has 0 aliphatic carbocycles. The molecule has 0 bridgehead atoms. The minimum absolute atomic E-state index is 0.125. The summed E-state index contributed by atoms with van der Waals surface area (Å²) in [5.74, 6) is -0.564. The summed E-state index contributed by atoms with van der Waals surface area (Å²) in [6, 6.07) is 0. The molecular weight excluding hydrogens is 187 g/mol. The van der Waals surface area contributed by atoms with Gasteiger partial charge in [-0.15, -0.1) is 0 Å². The number of halogens is 1. The van der Waals surface area contributed by atoms with E-state index in [0.717, 1.165) is 6.21 Å². The highest BCUT2D eigenvalue weighted by atomic mass is 19.1. The fraction of sp³-hybridized carbons (Fsp3) is 0.556. The average Bonchev–Trinajstić information content (AvgIpc) is 2.16. The van der Waals surface area contributed by atoms with Crippen LogP contribution in [0.15, 0.2) is 11.3 Å². The lowest BCUT2D eigenvalue weighted by Gasteiger charge is -2.08. The average molecular weight is 202 g/mol. The predicted molar refractivity (Wildman–Crippen MR) is 52.1 cm³/mol. The third-order valence-electron chi connectivity index (χ3n) is 1.53. The summed E-state index contributed by atoms with van der Waals surface area (Å²) in [5.41, 5.74) is 0.580. The van der Waals surface area contributed by atoms with Gasteiger partial charge in [0.05, 0.1) is 12.2 Å². The Kier molecular flexibility index (Phi) is 6.36. The fourth-order valence-electron chi connectivity index (χ4n) is 0.859. The zero-order valence-corrected chi connectivity index (χ0v) is 8.39. The third kappa shape index (κ3) is 4.02. The number of ether oxygens (including phenoxy) is 1. The Morgan fingerprint density at radius 3 is 2.71 bits per heavy atom. The molecule has 2 N–H and O–H groups in total. The second kappa shape index (κ2) is 7.06. The summed E-state index contributed by atoms with van der Waals surface area (Å²) in [6.45, 7) is 3.15. The van der Waals surface area contributed by atoms with Crippen molar-refractivity contribution in [3.63, 3.8) is 0 Å². The number of allylic oxidation sites excluding steroid dienone is 1. The molecule has 0 atom stereocenters. The number of rotatable bonds is 6. The van der Waals surface area contributed by atoms with Gasteiger partial charge in [-0.1, -0.05) is 0 Å². The van der Waals surface area contributed by atoms with Gasteiger partial charge in [0.1, 0.15) is 6.67 Å². The highest BCUT2D eigenvalue weighted by Gasteiger charge is 2.10. The summed E-state index contributed by atoms with van der Waals surface area (Å²) in [5, 5.41) is 9.69. The summed E-state index contributed by atoms with van der Waals surface area (Å²) < 4.78 is 16.5. The van der Waals surface area contributed by atoms with Crippen LogP contribution in [-0.4, -0.2) is 32.0 Å². The van der Waals surface area contributed by atoms with Crippen LogP contribution in [-0.2, 0) is 9.53 Å². The molecule has 4 nitrogen and oxygen atoms in total. The summed E-state index contributed by atoms with van der Waals surface area (Å²) in [7, 11) is 0. The van der Waals surface area contributed by atoms with E-state index in [1.165, 1.54) is 0 Å². The quantitative estimate of drug-likeness (QED) is 0.384. The normalized spacial score (nSPS) is 11.6. The van der Waals surface area contributed by atoms with Crippen molar-refractivity contribution in [2.24, 2.45) is 0 Å². The van der Waals surface area contributed by atoms with E-state index in [-0.39, 0.29) is 18.7 Å². The number of hydrogen-bond donors (Lipinski definition) is 2. The van der Waals surface area contributed by atoms with Crippen molar-refractivity contribution in [2.75, 3.05) is 19.8 Å². The molecule has 0 aliphatic rings. The number of nitrogens with one attached hydrogen (secondary N) is 2. The molecule has 0 fully saturated rings. The van der Waals surface area contributed by atoms with Crippen LogP contribution in [0.25, 0.3) is 0 Å². The van der Waals surface area contributed by atoms with Gasteiger partial charge in [-0.2, -0.15) is 0 Å². The molecular formula is C9H15FN2O2. The van der Waals surface area contributed by atoms with Crippen molar-refractivity contribution in [2.45, 2.75) is 13.8 Å². The fourth-order valence-corrected chi connectivity index (χ4v) is 0.859. The van der Waals surface area contributed by atoms with Gasteiger partial charge >= 0.3 is 5.97 Å². The number of carbonyl (C=O) groups is 1. The first-order valence-corrected chi connectivity index (χ1v) is 4.35. The molecule has 0 aliphatic heterocycles. The Morgan fingerprint density at radius 2 is 2.29 bits per heavy atom. The zero-order chi connectivity index (χ0) is 11.0. The summed E-state index contributed by atoms with van der Waals surface area (Å²) in [4.78, 5) is 11.2. The molecule has 0 saturated heterocycles. The van der Waals surface area contributed by atoms with E-state index >= 15 is 0 Å². The highest BCUT2D eigenvalue weighted by molar-refractivity contribution is 6.09. The Balaban J connectivity index is 4.48. The van der Waals surface area contributed by atoms with Crippen LogP contribution < -0.4 is 5.32 Å². The van der Waals surface area contributed by atoms with Gasteiger partial charge in [0, 0.05) is 18.5 Å². The van der Waals surface area contributed by atoms with Crippen molar-refractivity contribution in [3.8, 4) is 0 Å². The molecule has 0 saturated carbocycles. The first-order chi connectivity index (χ1) is 6.67. The van der Waals surface area contributed by atoms with E-state index in [2.05, 4.69) is 5.32 Å². The second-order valence-corrected chi connectivity index (χ2v) is 2.52. The number of hydrogen-bond acceptors (Lipinski definition) is 4. The van der Waals surface area contributed by atoms with Gasteiger partial charge in [0.25, 0.3) is 0 Å². The monoisotopic (exact) mass is 202 g/mol. The maximum Gasteiger partial charge on any atom is 0.341 e. The maximum absolute atomic E-state index is 11.8. The van der Waals surface area contributed by atoms with Gasteiger partial charge in [0.15, 0.2) is 0 Å². The molecule has 0 rings (SSSR count). The standard InChI is InChI=1S/C9H15FN2O2/c1-3-14-9(13)8(6-11)7(2)12-5-4-10/h6,11-12H,3-5H2,1-2H3/b8-7+,11-6?. The smallest absolute Gasteiger partial charge is 0.341 e. The topological polar surface area (TPSA) is 62.2 Å². The van der Waals surface area contributed by atoms with Crippen LogP contribution in [0.1, 0.15) is 13.8 Å². The molecule has 5 heteroatoms. The van der Waals surface area contributed by atoms with E-state index in [4.69, 9.17) is 10.1 Å². The van der Waals surface area contributed by atoms with Crippen molar-refractivity contribution >= 4 is 12.2 Å². The van der Waals surface area contributed by atoms with E-state index in [0.29, 0.717) is 5.70 Å². The Morgan fingerprint density at radius 1 is 1.64 bits per heavy atom. The molecule has 0 aromatic heterocycles. The van der Waals surface area contributed by atoms with Crippen LogP contribution in [0.2, 0.25) is 0 Å². The predicted octanol–water partition coefficient (Wildman–Crippen LogP) is 1.03. The van der Waals surface area contributed by atoms with E-state index in [1.807, 2.05) is 0 Å². The molecule has 0 aromatic rings. The molecule has 0 unspecified atom stereocenters. The SMILES string of the molecule is CCOC(=O)/C(C=N)=C(\C)NCCF. The lowest BCUT2D eigenvalue weighted by Crippen LogP contribution is -2.20. The Bertz CT molecular complexity index is 239. The van der Waals surface area contributed by atoms with Gasteiger partial charge in [-0.25, -0.2) is 9.18 Å². The van der Waals surface area contributed by atoms with E-state index < -0.39 is 12.6 Å². The van der Waals surface area contributed by atoms with E-state index in [9.17, 15) is 9.18 Å². The first-order valence-electron chi connectivity index (χ1n) is 4.35. The summed E-state index contributed by atoms with van der Waals surface area (Å²) >= 11 is 0. The van der Waals surface area contributed by atoms with Crippen LogP contribution in [0.5, 0.6) is 0 Å². The van der Waals surface area contributed by atoms with Crippen LogP contribution >= 0.6 is 0 Å². The Hall–Kier alpha value is -1.39.